The number of benzene rings is 2. The van der Waals surface area contributed by atoms with Crippen molar-refractivity contribution in [1.29, 1.82) is 0 Å². The minimum Gasteiger partial charge on any atom is -0.748 e. The van der Waals surface area contributed by atoms with Crippen molar-refractivity contribution in [3.63, 3.8) is 0 Å². The van der Waals surface area contributed by atoms with Crippen LogP contribution in [0.3, 0.4) is 0 Å². The number of amides is 1. The number of carbonyl (C=O) groups is 4. The zero-order valence-corrected chi connectivity index (χ0v) is 32.7. The Balaban J connectivity index is 0.000000625. The maximum atomic E-state index is 13.5. The van der Waals surface area contributed by atoms with Crippen LogP contribution in [0.2, 0.25) is 0 Å². The van der Waals surface area contributed by atoms with Crippen molar-refractivity contribution in [2.45, 2.75) is 75.0 Å². The predicted octanol–water partition coefficient (Wildman–Crippen LogP) is 3.06. The maximum Gasteiger partial charge on any atom is 0.438 e. The summed E-state index contributed by atoms with van der Waals surface area (Å²) in [6.07, 6.45) is -28.1. The molecule has 0 atom stereocenters. The molecule has 2 aromatic carbocycles. The summed E-state index contributed by atoms with van der Waals surface area (Å²) < 4.78 is 237. The third-order valence-corrected chi connectivity index (χ3v) is 9.17. The number of anilines is 1. The SMILES string of the molecule is [B]Cc1cc(C[B])c(C(=O)OC(CS(=O)(=O)[O-])(C(F)(F)F)C(F)(F)F)c(C[B])c1NC(C)=O.[B]Cc1ccc(C(=O)OC(CS(=O)(=O)[O-])(C(F)(F)F)C(F)(F)F)cc1OC(C)=O. The van der Waals surface area contributed by atoms with Crippen LogP contribution in [-0.4, -0.2) is 129 Å². The topological polar surface area (TPSA) is 222 Å². The highest BCUT2D eigenvalue weighted by Gasteiger charge is 2.76. The average Bonchev–Trinajstić information content (AvgIpc) is 3.07. The van der Waals surface area contributed by atoms with Crippen molar-refractivity contribution in [3.8, 4) is 5.75 Å². The molecule has 0 saturated heterocycles. The van der Waals surface area contributed by atoms with Gasteiger partial charge in [0.05, 0.1) is 74.3 Å². The first-order valence-electron chi connectivity index (χ1n) is 16.0. The summed E-state index contributed by atoms with van der Waals surface area (Å²) >= 11 is 0. The molecule has 0 aliphatic carbocycles. The van der Waals surface area contributed by atoms with Gasteiger partial charge in [0, 0.05) is 19.5 Å². The molecular formula is C30H23B4F12NO13S2-2. The van der Waals surface area contributed by atoms with Gasteiger partial charge in [-0.15, -0.1) is 0 Å². The highest BCUT2D eigenvalue weighted by molar-refractivity contribution is 7.86. The molecule has 0 spiro atoms. The normalized spacial score (nSPS) is 13.0. The number of carbonyl (C=O) groups excluding carboxylic acids is 4. The first-order chi connectivity index (χ1) is 27.8. The molecule has 14 nitrogen and oxygen atoms in total. The molecule has 0 bridgehead atoms. The Morgan fingerprint density at radius 3 is 1.34 bits per heavy atom. The molecule has 1 N–H and O–H groups in total. The summed E-state index contributed by atoms with van der Waals surface area (Å²) in [7, 11) is 9.45. The van der Waals surface area contributed by atoms with Crippen molar-refractivity contribution in [3.05, 3.63) is 57.6 Å². The molecule has 8 radical (unpaired) electrons. The highest BCUT2D eigenvalue weighted by atomic mass is 32.2. The van der Waals surface area contributed by atoms with Crippen LogP contribution in [0, 0.1) is 0 Å². The van der Waals surface area contributed by atoms with E-state index in [-0.39, 0.29) is 35.0 Å². The predicted molar refractivity (Wildman–Crippen MR) is 186 cm³/mol. The number of rotatable bonds is 14. The van der Waals surface area contributed by atoms with E-state index in [9.17, 15) is 97.8 Å². The third-order valence-electron chi connectivity index (χ3n) is 7.65. The zero-order chi connectivity index (χ0) is 48.8. The van der Waals surface area contributed by atoms with Gasteiger partial charge in [0.1, 0.15) is 5.75 Å². The molecule has 0 unspecified atom stereocenters. The Morgan fingerprint density at radius 1 is 0.613 bits per heavy atom. The molecule has 0 fully saturated rings. The van der Waals surface area contributed by atoms with Crippen molar-refractivity contribution in [2.75, 3.05) is 16.8 Å². The fourth-order valence-corrected chi connectivity index (χ4v) is 6.71. The quantitative estimate of drug-likeness (QED) is 0.0948. The summed E-state index contributed by atoms with van der Waals surface area (Å²) in [5.74, 6) is -13.1. The van der Waals surface area contributed by atoms with Gasteiger partial charge >= 0.3 is 53.8 Å². The molecule has 0 aromatic heterocycles. The average molecular weight is 941 g/mol. The second kappa shape index (κ2) is 19.9. The lowest BCUT2D eigenvalue weighted by Gasteiger charge is -2.37. The van der Waals surface area contributed by atoms with E-state index >= 15 is 0 Å². The lowest BCUT2D eigenvalue weighted by atomic mass is 9.80. The van der Waals surface area contributed by atoms with Gasteiger partial charge in [-0.05, 0) is 34.4 Å². The molecule has 0 saturated carbocycles. The van der Waals surface area contributed by atoms with Gasteiger partial charge in [0.15, 0.2) is 0 Å². The third kappa shape index (κ3) is 13.5. The molecule has 32 heteroatoms. The van der Waals surface area contributed by atoms with E-state index in [1.807, 2.05) is 0 Å². The number of halogens is 12. The van der Waals surface area contributed by atoms with E-state index in [1.54, 1.807) is 0 Å². The molecule has 1 amide bonds. The number of alkyl halides is 12. The van der Waals surface area contributed by atoms with E-state index < -0.39 is 127 Å². The maximum absolute atomic E-state index is 13.5. The van der Waals surface area contributed by atoms with Gasteiger partial charge < -0.3 is 28.6 Å². The van der Waals surface area contributed by atoms with Gasteiger partial charge in [-0.25, -0.2) is 26.4 Å². The molecule has 336 valence electrons. The molecule has 2 rings (SSSR count). The van der Waals surface area contributed by atoms with Crippen molar-refractivity contribution in [1.82, 2.24) is 0 Å². The number of ether oxygens (including phenoxy) is 3. The zero-order valence-electron chi connectivity index (χ0n) is 31.0. The van der Waals surface area contributed by atoms with E-state index in [1.165, 1.54) is 0 Å². The van der Waals surface area contributed by atoms with Crippen molar-refractivity contribution in [2.24, 2.45) is 0 Å². The Labute approximate surface area is 347 Å². The number of hydrogen-bond acceptors (Lipinski definition) is 13. The smallest absolute Gasteiger partial charge is 0.438 e. The van der Waals surface area contributed by atoms with Crippen LogP contribution in [0.5, 0.6) is 5.75 Å². The number of esters is 3. The molecule has 0 aliphatic rings. The van der Waals surface area contributed by atoms with Crippen LogP contribution in [-0.2, 0) is 64.6 Å². The second-order valence-electron chi connectivity index (χ2n) is 12.2. The highest BCUT2D eigenvalue weighted by Crippen LogP contribution is 2.49. The minimum atomic E-state index is -6.57. The van der Waals surface area contributed by atoms with Crippen LogP contribution in [0.1, 0.15) is 56.8 Å². The molecule has 0 heterocycles. The first-order valence-corrected chi connectivity index (χ1v) is 19.1. The van der Waals surface area contributed by atoms with Crippen LogP contribution in [0.4, 0.5) is 58.4 Å². The molecule has 62 heavy (non-hydrogen) atoms. The van der Waals surface area contributed by atoms with Gasteiger partial charge in [0.25, 0.3) is 0 Å². The van der Waals surface area contributed by atoms with E-state index in [0.717, 1.165) is 26.0 Å². The Morgan fingerprint density at radius 2 is 1.02 bits per heavy atom. The minimum absolute atomic E-state index is 0.0665. The summed E-state index contributed by atoms with van der Waals surface area (Å²) in [5, 5.41) is 2.21. The Kier molecular flexibility index (Phi) is 17.9. The van der Waals surface area contributed by atoms with Gasteiger partial charge in [0.2, 0.25) is 5.91 Å². The fraction of sp³-hybridized carbons (Fsp3) is 0.467. The second-order valence-corrected chi connectivity index (χ2v) is 15.0. The Bertz CT molecular complexity index is 2210. The van der Waals surface area contributed by atoms with E-state index in [0.29, 0.717) is 12.1 Å². The summed E-state index contributed by atoms with van der Waals surface area (Å²) in [5.41, 5.74) is -14.2. The van der Waals surface area contributed by atoms with Gasteiger partial charge in [-0.1, -0.05) is 37.4 Å². The lowest BCUT2D eigenvalue weighted by molar-refractivity contribution is -0.356. The summed E-state index contributed by atoms with van der Waals surface area (Å²) in [6.45, 7) is 1.93. The summed E-state index contributed by atoms with van der Waals surface area (Å²) in [6, 6.07) is 3.27. The van der Waals surface area contributed by atoms with E-state index in [4.69, 9.17) is 31.4 Å². The van der Waals surface area contributed by atoms with Crippen LogP contribution in [0.15, 0.2) is 24.3 Å². The van der Waals surface area contributed by atoms with Crippen molar-refractivity contribution < 1.29 is 112 Å². The van der Waals surface area contributed by atoms with Crippen molar-refractivity contribution >= 4 is 81.1 Å². The van der Waals surface area contributed by atoms with E-state index in [2.05, 4.69) is 19.5 Å². The molecule has 2 aromatic rings. The fourth-order valence-electron chi connectivity index (χ4n) is 4.94. The monoisotopic (exact) mass is 941 g/mol. The lowest BCUT2D eigenvalue weighted by Crippen LogP contribution is -2.63. The largest absolute Gasteiger partial charge is 0.748 e. The van der Waals surface area contributed by atoms with Gasteiger partial charge in [-0.3, -0.25) is 9.59 Å². The number of nitrogens with one attached hydrogen (secondary N) is 1. The number of hydrogen-bond donors (Lipinski definition) is 1. The summed E-state index contributed by atoms with van der Waals surface area (Å²) in [4.78, 5) is 47.2. The van der Waals surface area contributed by atoms with Crippen LogP contribution < -0.4 is 10.1 Å². The van der Waals surface area contributed by atoms with Crippen LogP contribution in [0.25, 0.3) is 0 Å². The first kappa shape index (κ1) is 55.6. The Hall–Kier alpha value is -4.44. The van der Waals surface area contributed by atoms with Crippen LogP contribution >= 0.6 is 0 Å². The standard InChI is InChI=1S/C16H14B3F6NO6S.C14H11BF6O7S/c1-7(27)26-12-9(4-18)2-8(3-17)11(10(12)5-19)13(28)32-14(15(20,21)22,16(23,24)25)6-33(29,30)31;1-7(22)27-10-4-8(2-3-9(10)5-15)11(23)28-12(13(16,17)18,14(19,20)21)6-29(24,25)26/h2H,3-6H2,1H3,(H,26,27)(H,29,30,31);2-4H,5-6H2,1H3,(H,24,25,26)/p-2. The molecule has 0 aliphatic heterocycles. The van der Waals surface area contributed by atoms with Gasteiger partial charge in [-0.2, -0.15) is 52.7 Å². The molecular weight excluding hydrogens is 918 g/mol.